The van der Waals surface area contributed by atoms with Crippen molar-refractivity contribution in [3.63, 3.8) is 0 Å². The van der Waals surface area contributed by atoms with Crippen LogP contribution in [0.15, 0.2) is 18.3 Å². The van der Waals surface area contributed by atoms with E-state index in [2.05, 4.69) is 23.3 Å². The van der Waals surface area contributed by atoms with Crippen LogP contribution in [0.25, 0.3) is 0 Å². The Kier molecular flexibility index (Phi) is 5.07. The summed E-state index contributed by atoms with van der Waals surface area (Å²) in [6.07, 6.45) is 2.26. The third-order valence-corrected chi connectivity index (χ3v) is 3.15. The Balaban J connectivity index is 1.78. The number of aromatic nitrogens is 1. The van der Waals surface area contributed by atoms with E-state index in [1.165, 1.54) is 5.56 Å². The van der Waals surface area contributed by atoms with Crippen LogP contribution in [0.3, 0.4) is 0 Å². The maximum atomic E-state index is 9.97. The van der Waals surface area contributed by atoms with Crippen molar-refractivity contribution in [2.24, 2.45) is 0 Å². The van der Waals surface area contributed by atoms with E-state index in [0.29, 0.717) is 19.8 Å². The van der Waals surface area contributed by atoms with Crippen LogP contribution in [-0.4, -0.2) is 47.6 Å². The summed E-state index contributed by atoms with van der Waals surface area (Å²) in [5.74, 6) is 0. The molecule has 1 aromatic rings. The number of nitrogens with zero attached hydrogens (tertiary/aromatic N) is 2. The van der Waals surface area contributed by atoms with Crippen LogP contribution < -0.4 is 5.32 Å². The molecule has 2 heterocycles. The Bertz CT molecular complexity index is 350. The molecule has 5 heteroatoms. The van der Waals surface area contributed by atoms with E-state index < -0.39 is 6.35 Å². The molecule has 0 radical (unpaired) electrons. The highest BCUT2D eigenvalue weighted by Crippen LogP contribution is 2.03. The van der Waals surface area contributed by atoms with Gasteiger partial charge in [-0.25, -0.2) is 0 Å². The molecule has 0 aliphatic carbocycles. The van der Waals surface area contributed by atoms with Gasteiger partial charge in [0.05, 0.1) is 18.9 Å². The number of ether oxygens (including phenoxy) is 1. The largest absolute Gasteiger partial charge is 0.379 e. The van der Waals surface area contributed by atoms with E-state index >= 15 is 0 Å². The molecule has 1 saturated heterocycles. The van der Waals surface area contributed by atoms with Crippen molar-refractivity contribution in [2.75, 3.05) is 26.3 Å². The molecule has 0 amide bonds. The van der Waals surface area contributed by atoms with Gasteiger partial charge in [-0.05, 0) is 18.1 Å². The fraction of sp³-hybridized carbons (Fsp3) is 0.615. The Hall–Kier alpha value is -1.01. The van der Waals surface area contributed by atoms with Crippen molar-refractivity contribution in [3.05, 3.63) is 29.6 Å². The van der Waals surface area contributed by atoms with Crippen molar-refractivity contribution in [1.29, 1.82) is 0 Å². The highest BCUT2D eigenvalue weighted by Gasteiger charge is 2.17. The summed E-state index contributed by atoms with van der Waals surface area (Å²) in [7, 11) is 0. The summed E-state index contributed by atoms with van der Waals surface area (Å²) in [5, 5.41) is 13.0. The van der Waals surface area contributed by atoms with E-state index in [1.807, 2.05) is 17.2 Å². The van der Waals surface area contributed by atoms with Gasteiger partial charge in [0.25, 0.3) is 0 Å². The van der Waals surface area contributed by atoms with Crippen molar-refractivity contribution in [1.82, 2.24) is 15.2 Å². The number of aliphatic hydroxyl groups excluding tert-OH is 1. The van der Waals surface area contributed by atoms with Crippen LogP contribution in [-0.2, 0) is 17.7 Å². The topological polar surface area (TPSA) is 57.6 Å². The molecule has 1 aliphatic rings. The van der Waals surface area contributed by atoms with E-state index in [0.717, 1.165) is 25.2 Å². The number of hydrogen-bond acceptors (Lipinski definition) is 5. The standard InChI is InChI=1S/C13H21N3O2/c1-2-11-3-4-12(14-9-11)10-15-13(17)16-5-7-18-8-6-16/h3-4,9,13,15,17H,2,5-8,10H2,1H3. The van der Waals surface area contributed by atoms with Crippen LogP contribution in [0.5, 0.6) is 0 Å². The lowest BCUT2D eigenvalue weighted by Gasteiger charge is -2.31. The lowest BCUT2D eigenvalue weighted by atomic mass is 10.2. The predicted octanol–water partition coefficient (Wildman–Crippen LogP) is 0.342. The second-order valence-corrected chi connectivity index (χ2v) is 4.41. The maximum Gasteiger partial charge on any atom is 0.163 e. The van der Waals surface area contributed by atoms with Gasteiger partial charge in [-0.2, -0.15) is 0 Å². The minimum Gasteiger partial charge on any atom is -0.379 e. The first-order valence-corrected chi connectivity index (χ1v) is 6.46. The summed E-state index contributed by atoms with van der Waals surface area (Å²) < 4.78 is 5.25. The molecular weight excluding hydrogens is 230 g/mol. The van der Waals surface area contributed by atoms with Crippen LogP contribution in [0.1, 0.15) is 18.2 Å². The molecular formula is C13H21N3O2. The number of pyridine rings is 1. The minimum atomic E-state index is -0.624. The Labute approximate surface area is 108 Å². The molecule has 1 fully saturated rings. The highest BCUT2D eigenvalue weighted by atomic mass is 16.5. The van der Waals surface area contributed by atoms with E-state index in [-0.39, 0.29) is 0 Å². The molecule has 18 heavy (non-hydrogen) atoms. The van der Waals surface area contributed by atoms with Crippen molar-refractivity contribution in [3.8, 4) is 0 Å². The molecule has 2 rings (SSSR count). The Morgan fingerprint density at radius 3 is 2.83 bits per heavy atom. The zero-order valence-corrected chi connectivity index (χ0v) is 10.8. The molecule has 0 aromatic carbocycles. The number of nitrogens with one attached hydrogen (secondary N) is 1. The number of rotatable bonds is 5. The van der Waals surface area contributed by atoms with Gasteiger partial charge < -0.3 is 9.84 Å². The van der Waals surface area contributed by atoms with Crippen molar-refractivity contribution < 1.29 is 9.84 Å². The van der Waals surface area contributed by atoms with Gasteiger partial charge >= 0.3 is 0 Å². The molecule has 1 aromatic heterocycles. The van der Waals surface area contributed by atoms with Crippen molar-refractivity contribution in [2.45, 2.75) is 26.2 Å². The number of morpholine rings is 1. The SMILES string of the molecule is CCc1ccc(CNC(O)N2CCOCC2)nc1. The molecule has 100 valence electrons. The fourth-order valence-corrected chi connectivity index (χ4v) is 1.92. The minimum absolute atomic E-state index is 0.572. The zero-order valence-electron chi connectivity index (χ0n) is 10.8. The molecule has 1 unspecified atom stereocenters. The Morgan fingerprint density at radius 2 is 2.22 bits per heavy atom. The second-order valence-electron chi connectivity index (χ2n) is 4.41. The number of aryl methyl sites for hydroxylation is 1. The van der Waals surface area contributed by atoms with Crippen LogP contribution >= 0.6 is 0 Å². The van der Waals surface area contributed by atoms with Crippen LogP contribution in [0.2, 0.25) is 0 Å². The summed E-state index contributed by atoms with van der Waals surface area (Å²) >= 11 is 0. The molecule has 0 saturated carbocycles. The van der Waals surface area contributed by atoms with E-state index in [1.54, 1.807) is 0 Å². The molecule has 2 N–H and O–H groups in total. The predicted molar refractivity (Wildman–Crippen MR) is 68.9 cm³/mol. The van der Waals surface area contributed by atoms with Crippen LogP contribution in [0, 0.1) is 0 Å². The van der Waals surface area contributed by atoms with Gasteiger partial charge in [0, 0.05) is 25.8 Å². The number of aliphatic hydroxyl groups is 1. The molecule has 5 nitrogen and oxygen atoms in total. The second kappa shape index (κ2) is 6.80. The molecule has 1 atom stereocenters. The lowest BCUT2D eigenvalue weighted by molar-refractivity contribution is -0.0751. The van der Waals surface area contributed by atoms with Gasteiger partial charge in [-0.3, -0.25) is 15.2 Å². The summed E-state index contributed by atoms with van der Waals surface area (Å²) in [6, 6.07) is 4.07. The maximum absolute atomic E-state index is 9.97. The molecule has 0 bridgehead atoms. The molecule has 1 aliphatic heterocycles. The Morgan fingerprint density at radius 1 is 1.44 bits per heavy atom. The highest BCUT2D eigenvalue weighted by molar-refractivity contribution is 5.13. The smallest absolute Gasteiger partial charge is 0.163 e. The average molecular weight is 251 g/mol. The quantitative estimate of drug-likeness (QED) is 0.739. The first-order valence-electron chi connectivity index (χ1n) is 6.46. The first-order chi connectivity index (χ1) is 8.79. The third kappa shape index (κ3) is 3.74. The number of hydrogen-bond donors (Lipinski definition) is 2. The average Bonchev–Trinajstić information content (AvgIpc) is 2.46. The monoisotopic (exact) mass is 251 g/mol. The summed E-state index contributed by atoms with van der Waals surface area (Å²) in [5.41, 5.74) is 2.17. The van der Waals surface area contributed by atoms with Gasteiger partial charge in [0.2, 0.25) is 0 Å². The lowest BCUT2D eigenvalue weighted by Crippen LogP contribution is -2.50. The third-order valence-electron chi connectivity index (χ3n) is 3.15. The zero-order chi connectivity index (χ0) is 12.8. The van der Waals surface area contributed by atoms with Crippen molar-refractivity contribution >= 4 is 0 Å². The van der Waals surface area contributed by atoms with Gasteiger partial charge in [0.1, 0.15) is 0 Å². The fourth-order valence-electron chi connectivity index (χ4n) is 1.92. The van der Waals surface area contributed by atoms with Crippen LogP contribution in [0.4, 0.5) is 0 Å². The first kappa shape index (κ1) is 13.4. The molecule has 0 spiro atoms. The summed E-state index contributed by atoms with van der Waals surface area (Å²) in [6.45, 7) is 5.57. The van der Waals surface area contributed by atoms with E-state index in [9.17, 15) is 5.11 Å². The van der Waals surface area contributed by atoms with E-state index in [4.69, 9.17) is 4.74 Å². The van der Waals surface area contributed by atoms with Gasteiger partial charge in [0.15, 0.2) is 6.35 Å². The van der Waals surface area contributed by atoms with Gasteiger partial charge in [-0.1, -0.05) is 13.0 Å². The summed E-state index contributed by atoms with van der Waals surface area (Å²) in [4.78, 5) is 6.31. The normalized spacial score (nSPS) is 18.8. The van der Waals surface area contributed by atoms with Gasteiger partial charge in [-0.15, -0.1) is 0 Å².